The van der Waals surface area contributed by atoms with E-state index in [-0.39, 0.29) is 31.8 Å². The summed E-state index contributed by atoms with van der Waals surface area (Å²) in [5.41, 5.74) is 15.2. The normalized spacial score (nSPS) is 13.3. The van der Waals surface area contributed by atoms with E-state index in [0.717, 1.165) is 5.56 Å². The van der Waals surface area contributed by atoms with E-state index in [1.54, 1.807) is 5.43 Å². The number of hydrogen-bond donors (Lipinski definition) is 6. The smallest absolute Gasteiger partial charge is 0.265 e. The molecule has 12 heteroatoms. The van der Waals surface area contributed by atoms with Crippen LogP contribution in [0.1, 0.15) is 18.4 Å². The maximum atomic E-state index is 12.2. The Balaban J connectivity index is 2.54. The monoisotopic (exact) mass is 381 g/mol. The predicted octanol–water partition coefficient (Wildman–Crippen LogP) is -1.58. The van der Waals surface area contributed by atoms with E-state index in [1.165, 1.54) is 5.48 Å². The zero-order valence-electron chi connectivity index (χ0n) is 14.5. The van der Waals surface area contributed by atoms with Gasteiger partial charge in [-0.1, -0.05) is 35.8 Å². The van der Waals surface area contributed by atoms with Gasteiger partial charge in [0.2, 0.25) is 5.91 Å². The van der Waals surface area contributed by atoms with Crippen molar-refractivity contribution in [3.63, 3.8) is 0 Å². The van der Waals surface area contributed by atoms with Crippen LogP contribution in [0, 0.1) is 10.1 Å². The quantitative estimate of drug-likeness (QED) is 0.0696. The Bertz CT molecular complexity index is 668. The fourth-order valence-corrected chi connectivity index (χ4v) is 2.21. The molecule has 0 bridgehead atoms. The highest BCUT2D eigenvalue weighted by Crippen LogP contribution is 2.04. The molecule has 8 N–H and O–H groups in total. The molecule has 0 heterocycles. The Labute approximate surface area is 155 Å². The number of amides is 2. The number of nitrogens with two attached hydrogens (primary N) is 2. The number of nitro groups is 1. The van der Waals surface area contributed by atoms with Crippen molar-refractivity contribution in [2.45, 2.75) is 31.3 Å². The molecule has 2 amide bonds. The summed E-state index contributed by atoms with van der Waals surface area (Å²) in [5, 5.41) is 20.6. The highest BCUT2D eigenvalue weighted by atomic mass is 16.7. The maximum absolute atomic E-state index is 12.2. The SMILES string of the molecule is NC(=NCCC[C@H](NC(=O)C(N)Cc1ccccc1)C(=O)NO)N[N+](=O)[O-]. The molecule has 1 aromatic rings. The van der Waals surface area contributed by atoms with Gasteiger partial charge in [-0.25, -0.2) is 20.6 Å². The number of aliphatic imine (C=N–C) groups is 1. The van der Waals surface area contributed by atoms with Crippen molar-refractivity contribution in [3.8, 4) is 0 Å². The third kappa shape index (κ3) is 8.60. The number of hydrogen-bond acceptors (Lipinski definition) is 7. The summed E-state index contributed by atoms with van der Waals surface area (Å²) >= 11 is 0. The molecule has 0 saturated carbocycles. The minimum absolute atomic E-state index is 0.0772. The molecule has 1 unspecified atom stereocenters. The van der Waals surface area contributed by atoms with Crippen LogP contribution < -0.4 is 27.7 Å². The summed E-state index contributed by atoms with van der Waals surface area (Å²) in [4.78, 5) is 37.8. The molecule has 0 aliphatic rings. The summed E-state index contributed by atoms with van der Waals surface area (Å²) in [6.07, 6.45) is 0.672. The molecular formula is C15H23N7O5. The van der Waals surface area contributed by atoms with Crippen LogP contribution in [0.3, 0.4) is 0 Å². The van der Waals surface area contributed by atoms with Gasteiger partial charge in [0.05, 0.1) is 6.04 Å². The van der Waals surface area contributed by atoms with Crippen molar-refractivity contribution in [1.29, 1.82) is 0 Å². The predicted molar refractivity (Wildman–Crippen MR) is 95.8 cm³/mol. The Hall–Kier alpha value is -3.25. The molecule has 12 nitrogen and oxygen atoms in total. The van der Waals surface area contributed by atoms with Crippen molar-refractivity contribution < 1.29 is 19.8 Å². The van der Waals surface area contributed by atoms with Crippen LogP contribution in [0.2, 0.25) is 0 Å². The molecule has 0 spiro atoms. The zero-order chi connectivity index (χ0) is 20.2. The highest BCUT2D eigenvalue weighted by Gasteiger charge is 2.23. The molecular weight excluding hydrogens is 358 g/mol. The van der Waals surface area contributed by atoms with E-state index in [9.17, 15) is 19.7 Å². The van der Waals surface area contributed by atoms with Crippen LogP contribution in [0.25, 0.3) is 0 Å². The van der Waals surface area contributed by atoms with Gasteiger partial charge in [0.1, 0.15) is 6.04 Å². The van der Waals surface area contributed by atoms with E-state index < -0.39 is 28.9 Å². The van der Waals surface area contributed by atoms with Crippen molar-refractivity contribution in [3.05, 3.63) is 46.0 Å². The van der Waals surface area contributed by atoms with Crippen LogP contribution in [0.4, 0.5) is 0 Å². The van der Waals surface area contributed by atoms with Crippen LogP contribution in [-0.2, 0) is 16.0 Å². The average molecular weight is 381 g/mol. The first-order valence-corrected chi connectivity index (χ1v) is 8.08. The molecule has 0 aliphatic heterocycles. The number of nitrogens with one attached hydrogen (secondary N) is 3. The maximum Gasteiger partial charge on any atom is 0.265 e. The number of guanidine groups is 1. The van der Waals surface area contributed by atoms with Crippen molar-refractivity contribution in [2.24, 2.45) is 16.5 Å². The van der Waals surface area contributed by atoms with Gasteiger partial charge in [-0.2, -0.15) is 0 Å². The molecule has 2 atom stereocenters. The standard InChI is InChI=1S/C15H23N7O5/c16-11(9-10-5-2-1-3-6-10)13(23)19-12(14(24)21-25)7-4-8-18-15(17)20-22(26)27/h1-3,5-6,11-12,25H,4,7-9,16H2,(H,19,23)(H,21,24)(H3,17,18,20)/t11?,12-/m0/s1. The van der Waals surface area contributed by atoms with Crippen molar-refractivity contribution in [1.82, 2.24) is 16.2 Å². The molecule has 0 aromatic heterocycles. The Morgan fingerprint density at radius 1 is 1.26 bits per heavy atom. The molecule has 148 valence electrons. The molecule has 0 fully saturated rings. The molecule has 27 heavy (non-hydrogen) atoms. The van der Waals surface area contributed by atoms with Crippen molar-refractivity contribution in [2.75, 3.05) is 6.54 Å². The van der Waals surface area contributed by atoms with Gasteiger partial charge in [-0.3, -0.25) is 14.8 Å². The van der Waals surface area contributed by atoms with E-state index >= 15 is 0 Å². The number of carbonyl (C=O) groups excluding carboxylic acids is 2. The Kier molecular flexibility index (Phi) is 9.19. The number of nitrogens with zero attached hydrogens (tertiary/aromatic N) is 2. The van der Waals surface area contributed by atoms with Gasteiger partial charge in [0.25, 0.3) is 11.9 Å². The van der Waals surface area contributed by atoms with Crippen LogP contribution in [-0.4, -0.2) is 46.6 Å². The fraction of sp³-hybridized carbons (Fsp3) is 0.400. The minimum atomic E-state index is -1.04. The lowest BCUT2D eigenvalue weighted by molar-refractivity contribution is -0.525. The third-order valence-electron chi connectivity index (χ3n) is 3.52. The summed E-state index contributed by atoms with van der Waals surface area (Å²) in [6.45, 7) is 0.0772. The number of hydrazine groups is 1. The van der Waals surface area contributed by atoms with Gasteiger partial charge >= 0.3 is 0 Å². The van der Waals surface area contributed by atoms with Crippen LogP contribution in [0.5, 0.6) is 0 Å². The number of rotatable bonds is 10. The Morgan fingerprint density at radius 2 is 1.93 bits per heavy atom. The second-order valence-corrected chi connectivity index (χ2v) is 5.61. The van der Waals surface area contributed by atoms with Gasteiger partial charge in [-0.05, 0) is 24.8 Å². The summed E-state index contributed by atoms with van der Waals surface area (Å²) in [7, 11) is 0. The summed E-state index contributed by atoms with van der Waals surface area (Å²) < 4.78 is 0. The van der Waals surface area contributed by atoms with Gasteiger partial charge in [0.15, 0.2) is 5.03 Å². The molecule has 1 aromatic carbocycles. The molecule has 0 radical (unpaired) electrons. The first-order valence-electron chi connectivity index (χ1n) is 8.08. The van der Waals surface area contributed by atoms with Crippen LogP contribution in [0.15, 0.2) is 35.3 Å². The Morgan fingerprint density at radius 3 is 2.52 bits per heavy atom. The lowest BCUT2D eigenvalue weighted by atomic mass is 10.0. The fourth-order valence-electron chi connectivity index (χ4n) is 2.21. The summed E-state index contributed by atoms with van der Waals surface area (Å²) in [6, 6.07) is 7.22. The number of carbonyl (C=O) groups is 2. The zero-order valence-corrected chi connectivity index (χ0v) is 14.5. The first-order chi connectivity index (χ1) is 12.8. The second-order valence-electron chi connectivity index (χ2n) is 5.61. The van der Waals surface area contributed by atoms with Gasteiger partial charge < -0.3 is 16.8 Å². The van der Waals surface area contributed by atoms with E-state index in [1.807, 2.05) is 30.3 Å². The van der Waals surface area contributed by atoms with Crippen LogP contribution >= 0.6 is 0 Å². The topological polar surface area (TPSA) is 198 Å². The van der Waals surface area contributed by atoms with E-state index in [0.29, 0.717) is 0 Å². The van der Waals surface area contributed by atoms with Gasteiger partial charge in [-0.15, -0.1) is 0 Å². The largest absolute Gasteiger partial charge is 0.365 e. The first kappa shape index (κ1) is 21.8. The van der Waals surface area contributed by atoms with E-state index in [4.69, 9.17) is 16.7 Å². The highest BCUT2D eigenvalue weighted by molar-refractivity contribution is 5.89. The molecule has 0 aliphatic carbocycles. The average Bonchev–Trinajstić information content (AvgIpc) is 2.63. The minimum Gasteiger partial charge on any atom is -0.365 e. The third-order valence-corrected chi connectivity index (χ3v) is 3.52. The lowest BCUT2D eigenvalue weighted by Crippen LogP contribution is -2.51. The number of benzene rings is 1. The van der Waals surface area contributed by atoms with E-state index in [2.05, 4.69) is 10.3 Å². The second kappa shape index (κ2) is 11.4. The van der Waals surface area contributed by atoms with Gasteiger partial charge in [0, 0.05) is 6.54 Å². The summed E-state index contributed by atoms with van der Waals surface area (Å²) in [5.74, 6) is -1.74. The number of hydroxylamine groups is 1. The molecule has 1 rings (SSSR count). The molecule has 0 saturated heterocycles. The lowest BCUT2D eigenvalue weighted by Gasteiger charge is -2.19. The van der Waals surface area contributed by atoms with Crippen molar-refractivity contribution >= 4 is 17.8 Å².